The number of carbonyl (C=O) groups excluding carboxylic acids is 1. The van der Waals surface area contributed by atoms with E-state index in [1.807, 2.05) is 0 Å². The number of rotatable bonds is 3. The lowest BCUT2D eigenvalue weighted by Gasteiger charge is -2.32. The van der Waals surface area contributed by atoms with Gasteiger partial charge in [-0.05, 0) is 17.7 Å². The Bertz CT molecular complexity index is 535. The highest BCUT2D eigenvalue weighted by molar-refractivity contribution is 6.42. The van der Waals surface area contributed by atoms with Crippen LogP contribution in [0.5, 0.6) is 0 Å². The van der Waals surface area contributed by atoms with Gasteiger partial charge in [-0.15, -0.1) is 0 Å². The van der Waals surface area contributed by atoms with Crippen molar-refractivity contribution in [2.75, 3.05) is 19.8 Å². The fourth-order valence-corrected chi connectivity index (χ4v) is 2.35. The Morgan fingerprint density at radius 1 is 1.35 bits per heavy atom. The predicted octanol–water partition coefficient (Wildman–Crippen LogP) is 1.85. The average Bonchev–Trinajstić information content (AvgIpc) is 2.43. The van der Waals surface area contributed by atoms with E-state index in [9.17, 15) is 9.59 Å². The highest BCUT2D eigenvalue weighted by Crippen LogP contribution is 2.23. The molecular formula is C13H13Cl2NO4. The number of carboxylic acid groups (broad SMARTS) is 1. The highest BCUT2D eigenvalue weighted by Gasteiger charge is 2.32. The second kappa shape index (κ2) is 6.43. The molecule has 0 spiro atoms. The molecule has 1 aliphatic rings. The van der Waals surface area contributed by atoms with Crippen molar-refractivity contribution in [3.63, 3.8) is 0 Å². The van der Waals surface area contributed by atoms with E-state index >= 15 is 0 Å². The van der Waals surface area contributed by atoms with Gasteiger partial charge in [0, 0.05) is 6.54 Å². The van der Waals surface area contributed by atoms with E-state index < -0.39 is 12.0 Å². The number of halogens is 2. The van der Waals surface area contributed by atoms with E-state index in [1.54, 1.807) is 18.2 Å². The molecular weight excluding hydrogens is 305 g/mol. The quantitative estimate of drug-likeness (QED) is 0.923. The third kappa shape index (κ3) is 3.42. The third-order valence-corrected chi connectivity index (χ3v) is 3.81. The number of amides is 1. The maximum absolute atomic E-state index is 12.2. The number of carbonyl (C=O) groups is 2. The third-order valence-electron chi connectivity index (χ3n) is 3.07. The van der Waals surface area contributed by atoms with E-state index in [0.717, 1.165) is 0 Å². The number of hydrogen-bond acceptors (Lipinski definition) is 3. The minimum Gasteiger partial charge on any atom is -0.480 e. The van der Waals surface area contributed by atoms with Gasteiger partial charge in [0.1, 0.15) is 0 Å². The summed E-state index contributed by atoms with van der Waals surface area (Å²) in [6, 6.07) is 3.99. The van der Waals surface area contributed by atoms with Crippen molar-refractivity contribution in [1.82, 2.24) is 4.90 Å². The smallest absolute Gasteiger partial charge is 0.328 e. The molecule has 5 nitrogen and oxygen atoms in total. The molecule has 0 radical (unpaired) electrons. The molecule has 20 heavy (non-hydrogen) atoms. The highest BCUT2D eigenvalue weighted by atomic mass is 35.5. The van der Waals surface area contributed by atoms with E-state index in [4.69, 9.17) is 33.0 Å². The number of nitrogens with zero attached hydrogens (tertiary/aromatic N) is 1. The summed E-state index contributed by atoms with van der Waals surface area (Å²) < 4.78 is 5.10. The van der Waals surface area contributed by atoms with E-state index in [0.29, 0.717) is 22.2 Å². The Morgan fingerprint density at radius 3 is 2.75 bits per heavy atom. The Hall–Kier alpha value is -1.30. The normalized spacial score (nSPS) is 18.9. The minimum atomic E-state index is -1.06. The maximum Gasteiger partial charge on any atom is 0.328 e. The molecule has 1 N–H and O–H groups in total. The van der Waals surface area contributed by atoms with Gasteiger partial charge in [0.25, 0.3) is 0 Å². The summed E-state index contributed by atoms with van der Waals surface area (Å²) in [5.74, 6) is -1.33. The van der Waals surface area contributed by atoms with Crippen LogP contribution >= 0.6 is 23.2 Å². The molecule has 1 saturated heterocycles. The molecule has 2 rings (SSSR count). The van der Waals surface area contributed by atoms with Gasteiger partial charge in [-0.1, -0.05) is 29.3 Å². The zero-order chi connectivity index (χ0) is 14.7. The SMILES string of the molecule is O=C(O)C1COCCN1C(=O)Cc1ccc(Cl)c(Cl)c1. The molecule has 1 amide bonds. The van der Waals surface area contributed by atoms with Crippen LogP contribution in [0, 0.1) is 0 Å². The number of carboxylic acids is 1. The largest absolute Gasteiger partial charge is 0.480 e. The molecule has 7 heteroatoms. The Balaban J connectivity index is 2.09. The number of hydrogen-bond donors (Lipinski definition) is 1. The molecule has 0 saturated carbocycles. The molecule has 0 aromatic heterocycles. The zero-order valence-electron chi connectivity index (χ0n) is 10.5. The predicted molar refractivity (Wildman–Crippen MR) is 74.1 cm³/mol. The minimum absolute atomic E-state index is 0.0163. The van der Waals surface area contributed by atoms with E-state index in [2.05, 4.69) is 0 Å². The molecule has 1 fully saturated rings. The van der Waals surface area contributed by atoms with Crippen LogP contribution in [0.1, 0.15) is 5.56 Å². The Morgan fingerprint density at radius 2 is 2.10 bits per heavy atom. The van der Waals surface area contributed by atoms with Crippen LogP contribution in [0.25, 0.3) is 0 Å². The van der Waals surface area contributed by atoms with E-state index in [1.165, 1.54) is 4.90 Å². The van der Waals surface area contributed by atoms with Crippen LogP contribution in [0.4, 0.5) is 0 Å². The summed E-state index contributed by atoms with van der Waals surface area (Å²) in [7, 11) is 0. The molecule has 108 valence electrons. The monoisotopic (exact) mass is 317 g/mol. The van der Waals surface area contributed by atoms with Gasteiger partial charge in [-0.25, -0.2) is 4.79 Å². The molecule has 0 bridgehead atoms. The van der Waals surface area contributed by atoms with Gasteiger partial charge in [-0.3, -0.25) is 4.79 Å². The maximum atomic E-state index is 12.2. The van der Waals surface area contributed by atoms with Crippen LogP contribution in [-0.2, 0) is 20.7 Å². The fourth-order valence-electron chi connectivity index (χ4n) is 2.03. The molecule has 1 aromatic rings. The number of ether oxygens (including phenoxy) is 1. The summed E-state index contributed by atoms with van der Waals surface area (Å²) in [4.78, 5) is 24.6. The van der Waals surface area contributed by atoms with Gasteiger partial charge in [0.05, 0.1) is 29.7 Å². The Kier molecular flexibility index (Phi) is 4.86. The first-order valence-electron chi connectivity index (χ1n) is 6.03. The van der Waals surface area contributed by atoms with Gasteiger partial charge >= 0.3 is 5.97 Å². The van der Waals surface area contributed by atoms with Crippen molar-refractivity contribution in [3.8, 4) is 0 Å². The van der Waals surface area contributed by atoms with Gasteiger partial charge in [-0.2, -0.15) is 0 Å². The van der Waals surface area contributed by atoms with Crippen LogP contribution in [0.3, 0.4) is 0 Å². The van der Waals surface area contributed by atoms with Crippen molar-refractivity contribution in [1.29, 1.82) is 0 Å². The molecule has 1 unspecified atom stereocenters. The number of morpholine rings is 1. The standard InChI is InChI=1S/C13H13Cl2NO4/c14-9-2-1-8(5-10(9)15)6-12(17)16-3-4-20-7-11(16)13(18)19/h1-2,5,11H,3-4,6-7H2,(H,18,19). The average molecular weight is 318 g/mol. The first kappa shape index (κ1) is 15.1. The summed E-state index contributed by atoms with van der Waals surface area (Å²) in [5.41, 5.74) is 0.694. The molecule has 1 aromatic carbocycles. The number of aliphatic carboxylic acids is 1. The summed E-state index contributed by atoms with van der Waals surface area (Å²) in [6.45, 7) is 0.635. The molecule has 1 aliphatic heterocycles. The van der Waals surface area contributed by atoms with Crippen LogP contribution in [-0.4, -0.2) is 47.7 Å². The summed E-state index contributed by atoms with van der Waals surface area (Å²) >= 11 is 11.7. The molecule has 0 aliphatic carbocycles. The lowest BCUT2D eigenvalue weighted by atomic mass is 10.1. The topological polar surface area (TPSA) is 66.8 Å². The van der Waals surface area contributed by atoms with Gasteiger partial charge < -0.3 is 14.7 Å². The van der Waals surface area contributed by atoms with Crippen LogP contribution < -0.4 is 0 Å². The van der Waals surface area contributed by atoms with Crippen molar-refractivity contribution in [2.24, 2.45) is 0 Å². The zero-order valence-corrected chi connectivity index (χ0v) is 12.0. The van der Waals surface area contributed by atoms with Gasteiger partial charge in [0.2, 0.25) is 5.91 Å². The van der Waals surface area contributed by atoms with E-state index in [-0.39, 0.29) is 25.5 Å². The van der Waals surface area contributed by atoms with Crippen LogP contribution in [0.15, 0.2) is 18.2 Å². The molecule has 1 atom stereocenters. The van der Waals surface area contributed by atoms with Crippen molar-refractivity contribution in [2.45, 2.75) is 12.5 Å². The molecule has 1 heterocycles. The van der Waals surface area contributed by atoms with Crippen LogP contribution in [0.2, 0.25) is 10.0 Å². The summed E-state index contributed by atoms with van der Waals surface area (Å²) in [5, 5.41) is 9.88. The second-order valence-corrected chi connectivity index (χ2v) is 5.26. The van der Waals surface area contributed by atoms with Crippen molar-refractivity contribution < 1.29 is 19.4 Å². The van der Waals surface area contributed by atoms with Gasteiger partial charge in [0.15, 0.2) is 6.04 Å². The fraction of sp³-hybridized carbons (Fsp3) is 0.385. The lowest BCUT2D eigenvalue weighted by Crippen LogP contribution is -2.53. The first-order chi connectivity index (χ1) is 9.49. The number of benzene rings is 1. The Labute approximate surface area is 126 Å². The van der Waals surface area contributed by atoms with Crippen molar-refractivity contribution in [3.05, 3.63) is 33.8 Å². The summed E-state index contributed by atoms with van der Waals surface area (Å²) in [6.07, 6.45) is 0.0840. The van der Waals surface area contributed by atoms with Crippen molar-refractivity contribution >= 4 is 35.1 Å². The second-order valence-electron chi connectivity index (χ2n) is 4.44. The first-order valence-corrected chi connectivity index (χ1v) is 6.78. The lowest BCUT2D eigenvalue weighted by molar-refractivity contribution is -0.158.